The molecule has 0 spiro atoms. The Bertz CT molecular complexity index is 355. The van der Waals surface area contributed by atoms with Gasteiger partial charge in [0.1, 0.15) is 5.82 Å². The fourth-order valence-corrected chi connectivity index (χ4v) is 1.15. The zero-order valence-corrected chi connectivity index (χ0v) is 8.73. The van der Waals surface area contributed by atoms with Crippen molar-refractivity contribution in [3.05, 3.63) is 35.1 Å². The van der Waals surface area contributed by atoms with Crippen molar-refractivity contribution in [3.63, 3.8) is 0 Å². The molecule has 0 heterocycles. The van der Waals surface area contributed by atoms with Crippen LogP contribution in [0.5, 0.6) is 0 Å². The molecule has 1 rings (SSSR count). The van der Waals surface area contributed by atoms with Gasteiger partial charge in [-0.2, -0.15) is 0 Å². The van der Waals surface area contributed by atoms with E-state index in [0.717, 1.165) is 30.4 Å². The van der Waals surface area contributed by atoms with Crippen molar-refractivity contribution in [1.29, 1.82) is 0 Å². The van der Waals surface area contributed by atoms with E-state index in [9.17, 15) is 4.39 Å². The Balaban J connectivity index is 2.73. The number of halogens is 1. The summed E-state index contributed by atoms with van der Waals surface area (Å²) < 4.78 is 12.9. The lowest BCUT2D eigenvalue weighted by atomic mass is 10.1. The first-order valence-corrected chi connectivity index (χ1v) is 4.99. The van der Waals surface area contributed by atoms with E-state index >= 15 is 0 Å². The first kappa shape index (κ1) is 10.8. The van der Waals surface area contributed by atoms with Gasteiger partial charge in [0.05, 0.1) is 0 Å². The number of unbranched alkanes of at least 4 members (excludes halogenated alkanes) is 2. The van der Waals surface area contributed by atoms with Gasteiger partial charge in [0.25, 0.3) is 0 Å². The molecule has 0 aromatic heterocycles. The highest BCUT2D eigenvalue weighted by molar-refractivity contribution is 5.40. The molecule has 14 heavy (non-hydrogen) atoms. The lowest BCUT2D eigenvalue weighted by Crippen LogP contribution is -1.83. The third-order valence-corrected chi connectivity index (χ3v) is 2.08. The second-order valence-electron chi connectivity index (χ2n) is 3.36. The van der Waals surface area contributed by atoms with Crippen LogP contribution in [0.25, 0.3) is 0 Å². The highest BCUT2D eigenvalue weighted by atomic mass is 19.1. The predicted molar refractivity (Wildman–Crippen MR) is 57.5 cm³/mol. The standard InChI is InChI=1S/C13H15F/c1-3-4-5-6-7-12-10-13(14)9-8-11(12)2/h8-10H,3-5H2,1-2H3. The van der Waals surface area contributed by atoms with Crippen molar-refractivity contribution in [2.75, 3.05) is 0 Å². The molecule has 0 saturated heterocycles. The molecule has 0 amide bonds. The van der Waals surface area contributed by atoms with Gasteiger partial charge in [0.15, 0.2) is 0 Å². The Hall–Kier alpha value is -1.29. The molecule has 0 N–H and O–H groups in total. The van der Waals surface area contributed by atoms with E-state index < -0.39 is 0 Å². The van der Waals surface area contributed by atoms with Crippen molar-refractivity contribution >= 4 is 0 Å². The Morgan fingerprint density at radius 1 is 1.36 bits per heavy atom. The number of hydrogen-bond donors (Lipinski definition) is 0. The van der Waals surface area contributed by atoms with E-state index in [1.54, 1.807) is 6.07 Å². The maximum absolute atomic E-state index is 12.9. The van der Waals surface area contributed by atoms with E-state index in [-0.39, 0.29) is 5.82 Å². The van der Waals surface area contributed by atoms with Gasteiger partial charge in [-0.15, -0.1) is 0 Å². The topological polar surface area (TPSA) is 0 Å². The third kappa shape index (κ3) is 3.22. The van der Waals surface area contributed by atoms with Gasteiger partial charge in [0, 0.05) is 12.0 Å². The Kier molecular flexibility index (Phi) is 4.19. The molecule has 0 aliphatic rings. The van der Waals surface area contributed by atoms with Gasteiger partial charge >= 0.3 is 0 Å². The van der Waals surface area contributed by atoms with Crippen LogP contribution in [0, 0.1) is 24.6 Å². The molecular formula is C13H15F. The minimum absolute atomic E-state index is 0.213. The molecule has 74 valence electrons. The lowest BCUT2D eigenvalue weighted by Gasteiger charge is -1.96. The number of aryl methyl sites for hydroxylation is 1. The molecular weight excluding hydrogens is 175 g/mol. The van der Waals surface area contributed by atoms with Crippen LogP contribution in [0.3, 0.4) is 0 Å². The Morgan fingerprint density at radius 3 is 2.86 bits per heavy atom. The summed E-state index contributed by atoms with van der Waals surface area (Å²) in [4.78, 5) is 0. The summed E-state index contributed by atoms with van der Waals surface area (Å²) in [6.45, 7) is 4.08. The molecule has 1 aromatic rings. The van der Waals surface area contributed by atoms with Gasteiger partial charge in [-0.3, -0.25) is 0 Å². The van der Waals surface area contributed by atoms with Gasteiger partial charge < -0.3 is 0 Å². The van der Waals surface area contributed by atoms with Crippen LogP contribution in [0.15, 0.2) is 18.2 Å². The van der Waals surface area contributed by atoms with E-state index in [1.165, 1.54) is 12.1 Å². The van der Waals surface area contributed by atoms with Crippen LogP contribution >= 0.6 is 0 Å². The summed E-state index contributed by atoms with van der Waals surface area (Å²) in [7, 11) is 0. The fraction of sp³-hybridized carbons (Fsp3) is 0.385. The second-order valence-corrected chi connectivity index (χ2v) is 3.36. The van der Waals surface area contributed by atoms with Crippen molar-refractivity contribution < 1.29 is 4.39 Å². The summed E-state index contributed by atoms with van der Waals surface area (Å²) in [5.41, 5.74) is 1.84. The van der Waals surface area contributed by atoms with E-state index in [1.807, 2.05) is 6.92 Å². The number of hydrogen-bond acceptors (Lipinski definition) is 0. The third-order valence-electron chi connectivity index (χ3n) is 2.08. The summed E-state index contributed by atoms with van der Waals surface area (Å²) >= 11 is 0. The smallest absolute Gasteiger partial charge is 0.124 e. The zero-order chi connectivity index (χ0) is 10.4. The van der Waals surface area contributed by atoms with Gasteiger partial charge in [-0.1, -0.05) is 31.3 Å². The Labute approximate surface area is 85.2 Å². The summed E-state index contributed by atoms with van der Waals surface area (Å²) in [6, 6.07) is 4.72. The SMILES string of the molecule is CCCCC#Cc1cc(F)ccc1C. The quantitative estimate of drug-likeness (QED) is 0.493. The molecule has 1 aromatic carbocycles. The van der Waals surface area contributed by atoms with E-state index in [0.29, 0.717) is 0 Å². The molecule has 0 bridgehead atoms. The van der Waals surface area contributed by atoms with Crippen LogP contribution in [0.2, 0.25) is 0 Å². The largest absolute Gasteiger partial charge is 0.207 e. The van der Waals surface area contributed by atoms with Crippen molar-refractivity contribution in [3.8, 4) is 11.8 Å². The van der Waals surface area contributed by atoms with Crippen LogP contribution in [0.1, 0.15) is 37.3 Å². The molecule has 0 aliphatic heterocycles. The summed E-state index contributed by atoms with van der Waals surface area (Å²) in [5.74, 6) is 5.84. The number of benzene rings is 1. The minimum Gasteiger partial charge on any atom is -0.207 e. The van der Waals surface area contributed by atoms with Gasteiger partial charge in [-0.25, -0.2) is 4.39 Å². The second kappa shape index (κ2) is 5.44. The highest BCUT2D eigenvalue weighted by Gasteiger charge is 1.95. The van der Waals surface area contributed by atoms with Crippen LogP contribution in [0.4, 0.5) is 4.39 Å². The average Bonchev–Trinajstić information content (AvgIpc) is 2.18. The van der Waals surface area contributed by atoms with Gasteiger partial charge in [0.2, 0.25) is 0 Å². The summed E-state index contributed by atoms with van der Waals surface area (Å²) in [6.07, 6.45) is 3.16. The normalized spacial score (nSPS) is 9.36. The van der Waals surface area contributed by atoms with Crippen molar-refractivity contribution in [1.82, 2.24) is 0 Å². The minimum atomic E-state index is -0.213. The van der Waals surface area contributed by atoms with Crippen LogP contribution < -0.4 is 0 Å². The predicted octanol–water partition coefficient (Wildman–Crippen LogP) is 3.68. The molecule has 0 radical (unpaired) electrons. The van der Waals surface area contributed by atoms with Crippen LogP contribution in [-0.2, 0) is 0 Å². The zero-order valence-electron chi connectivity index (χ0n) is 8.73. The molecule has 0 nitrogen and oxygen atoms in total. The van der Waals surface area contributed by atoms with Crippen molar-refractivity contribution in [2.24, 2.45) is 0 Å². The highest BCUT2D eigenvalue weighted by Crippen LogP contribution is 2.08. The maximum Gasteiger partial charge on any atom is 0.124 e. The average molecular weight is 190 g/mol. The van der Waals surface area contributed by atoms with E-state index in [2.05, 4.69) is 18.8 Å². The molecule has 0 saturated carbocycles. The molecule has 0 unspecified atom stereocenters. The molecule has 0 aliphatic carbocycles. The Morgan fingerprint density at radius 2 is 2.14 bits per heavy atom. The summed E-state index contributed by atoms with van der Waals surface area (Å²) in [5, 5.41) is 0. The molecule has 0 fully saturated rings. The first-order chi connectivity index (χ1) is 6.74. The maximum atomic E-state index is 12.9. The molecule has 1 heteroatoms. The van der Waals surface area contributed by atoms with Crippen molar-refractivity contribution in [2.45, 2.75) is 33.1 Å². The molecule has 0 atom stereocenters. The first-order valence-electron chi connectivity index (χ1n) is 4.99. The number of rotatable bonds is 2. The fourth-order valence-electron chi connectivity index (χ4n) is 1.15. The van der Waals surface area contributed by atoms with E-state index in [4.69, 9.17) is 0 Å². The monoisotopic (exact) mass is 190 g/mol. The van der Waals surface area contributed by atoms with Crippen LogP contribution in [-0.4, -0.2) is 0 Å². The van der Waals surface area contributed by atoms with Gasteiger partial charge in [-0.05, 0) is 31.0 Å². The lowest BCUT2D eigenvalue weighted by molar-refractivity contribution is 0.627.